The van der Waals surface area contributed by atoms with E-state index in [2.05, 4.69) is 24.7 Å². The number of rotatable bonds is 5. The molecule has 1 N–H and O–H groups in total. The summed E-state index contributed by atoms with van der Waals surface area (Å²) in [5.74, 6) is 1.27. The lowest BCUT2D eigenvalue weighted by Gasteiger charge is -2.21. The fraction of sp³-hybridized carbons (Fsp3) is 0.381. The first kappa shape index (κ1) is 18.3. The molecule has 138 valence electrons. The van der Waals surface area contributed by atoms with E-state index in [4.69, 9.17) is 4.74 Å². The highest BCUT2D eigenvalue weighted by atomic mass is 16.6. The molecule has 5 nitrogen and oxygen atoms in total. The zero-order chi connectivity index (χ0) is 18.8. The van der Waals surface area contributed by atoms with Gasteiger partial charge in [-0.3, -0.25) is 5.21 Å². The third-order valence-electron chi connectivity index (χ3n) is 4.94. The molecular formula is C21H25NO4. The van der Waals surface area contributed by atoms with Crippen molar-refractivity contribution in [2.45, 2.75) is 46.1 Å². The minimum Gasteiger partial charge on any atom is -0.489 e. The van der Waals surface area contributed by atoms with Crippen molar-refractivity contribution < 1.29 is 19.5 Å². The summed E-state index contributed by atoms with van der Waals surface area (Å²) in [6.45, 7) is 6.42. The van der Waals surface area contributed by atoms with Gasteiger partial charge in [-0.05, 0) is 73.9 Å². The lowest BCUT2D eigenvalue weighted by Crippen LogP contribution is -2.28. The van der Waals surface area contributed by atoms with Crippen LogP contribution in [0.15, 0.2) is 30.3 Å². The molecule has 1 fully saturated rings. The minimum absolute atomic E-state index is 0.277. The van der Waals surface area contributed by atoms with Crippen LogP contribution in [0.4, 0.5) is 10.5 Å². The first-order valence-electron chi connectivity index (χ1n) is 8.81. The maximum atomic E-state index is 11.8. The molecular weight excluding hydrogens is 330 g/mol. The van der Waals surface area contributed by atoms with Gasteiger partial charge < -0.3 is 9.47 Å². The van der Waals surface area contributed by atoms with Crippen molar-refractivity contribution in [1.29, 1.82) is 0 Å². The van der Waals surface area contributed by atoms with Crippen molar-refractivity contribution in [3.63, 3.8) is 0 Å². The van der Waals surface area contributed by atoms with E-state index in [-0.39, 0.29) is 6.61 Å². The Kier molecular flexibility index (Phi) is 5.18. The van der Waals surface area contributed by atoms with E-state index in [1.165, 1.54) is 18.2 Å². The number of hydrogen-bond donors (Lipinski definition) is 1. The molecule has 0 aliphatic heterocycles. The standard InChI is InChI=1S/C21H25NO4/c1-13-10-15(3)20(11-14(13)2)26-12-18-17(16-8-9-16)6-5-7-19(18)22(24)21(23)25-4/h5-7,10-11,16,24H,8-9,12H2,1-4H3. The van der Waals surface area contributed by atoms with Gasteiger partial charge in [0, 0.05) is 5.56 Å². The van der Waals surface area contributed by atoms with Crippen molar-refractivity contribution >= 4 is 11.8 Å². The molecule has 0 heterocycles. The number of ether oxygens (including phenoxy) is 2. The summed E-state index contributed by atoms with van der Waals surface area (Å²) in [6.07, 6.45) is 1.41. The van der Waals surface area contributed by atoms with Crippen molar-refractivity contribution in [2.24, 2.45) is 0 Å². The molecule has 2 aromatic carbocycles. The van der Waals surface area contributed by atoms with Gasteiger partial charge in [0.05, 0.1) is 12.8 Å². The Balaban J connectivity index is 1.93. The summed E-state index contributed by atoms with van der Waals surface area (Å²) >= 11 is 0. The van der Waals surface area contributed by atoms with E-state index in [1.54, 1.807) is 6.07 Å². The smallest absolute Gasteiger partial charge is 0.438 e. The predicted octanol–water partition coefficient (Wildman–Crippen LogP) is 5.03. The Bertz CT molecular complexity index is 827. The molecule has 0 aromatic heterocycles. The largest absolute Gasteiger partial charge is 0.489 e. The fourth-order valence-electron chi connectivity index (χ4n) is 3.15. The maximum absolute atomic E-state index is 11.8. The van der Waals surface area contributed by atoms with Gasteiger partial charge in [-0.15, -0.1) is 0 Å². The Morgan fingerprint density at radius 1 is 1.15 bits per heavy atom. The molecule has 1 amide bonds. The summed E-state index contributed by atoms with van der Waals surface area (Å²) < 4.78 is 10.7. The van der Waals surface area contributed by atoms with E-state index in [1.807, 2.05) is 25.1 Å². The van der Waals surface area contributed by atoms with Crippen LogP contribution in [-0.4, -0.2) is 18.4 Å². The normalized spacial score (nSPS) is 13.4. The van der Waals surface area contributed by atoms with Crippen LogP contribution in [0.3, 0.4) is 0 Å². The third kappa shape index (κ3) is 3.68. The molecule has 1 aliphatic rings. The highest BCUT2D eigenvalue weighted by Crippen LogP contribution is 2.44. The summed E-state index contributed by atoms with van der Waals surface area (Å²) in [4.78, 5) is 11.8. The van der Waals surface area contributed by atoms with Gasteiger partial charge in [-0.25, -0.2) is 4.79 Å². The van der Waals surface area contributed by atoms with Crippen molar-refractivity contribution in [2.75, 3.05) is 12.2 Å². The number of methoxy groups -OCH3 is 1. The van der Waals surface area contributed by atoms with Gasteiger partial charge in [0.15, 0.2) is 0 Å². The topological polar surface area (TPSA) is 59.0 Å². The molecule has 0 radical (unpaired) electrons. The Hall–Kier alpha value is -2.53. The molecule has 3 rings (SSSR count). The van der Waals surface area contributed by atoms with Crippen LogP contribution in [0.1, 0.15) is 46.6 Å². The molecule has 0 spiro atoms. The summed E-state index contributed by atoms with van der Waals surface area (Å²) in [5.41, 5.74) is 5.79. The molecule has 1 aliphatic carbocycles. The first-order chi connectivity index (χ1) is 12.4. The highest BCUT2D eigenvalue weighted by Gasteiger charge is 2.29. The Morgan fingerprint density at radius 3 is 2.50 bits per heavy atom. The molecule has 0 bridgehead atoms. The highest BCUT2D eigenvalue weighted by molar-refractivity contribution is 5.86. The fourth-order valence-corrected chi connectivity index (χ4v) is 3.15. The summed E-state index contributed by atoms with van der Waals surface area (Å²) in [5, 5.41) is 10.8. The number of carbonyl (C=O) groups is 1. The Labute approximate surface area is 154 Å². The van der Waals surface area contributed by atoms with E-state index in [0.29, 0.717) is 16.7 Å². The van der Waals surface area contributed by atoms with Gasteiger partial charge in [0.2, 0.25) is 0 Å². The van der Waals surface area contributed by atoms with Crippen molar-refractivity contribution in [3.05, 3.63) is 58.1 Å². The van der Waals surface area contributed by atoms with Crippen molar-refractivity contribution in [1.82, 2.24) is 0 Å². The minimum atomic E-state index is -0.818. The maximum Gasteiger partial charge on any atom is 0.438 e. The third-order valence-corrected chi connectivity index (χ3v) is 4.94. The molecule has 0 unspecified atom stereocenters. The summed E-state index contributed by atoms with van der Waals surface area (Å²) in [7, 11) is 1.24. The van der Waals surface area contributed by atoms with Crippen LogP contribution in [0, 0.1) is 20.8 Å². The van der Waals surface area contributed by atoms with Gasteiger partial charge in [0.25, 0.3) is 0 Å². The number of hydroxylamine groups is 1. The second-order valence-electron chi connectivity index (χ2n) is 6.89. The van der Waals surface area contributed by atoms with Gasteiger partial charge >= 0.3 is 6.09 Å². The van der Waals surface area contributed by atoms with Crippen LogP contribution in [-0.2, 0) is 11.3 Å². The van der Waals surface area contributed by atoms with Crippen LogP contribution in [0.5, 0.6) is 5.75 Å². The lowest BCUT2D eigenvalue weighted by atomic mass is 10.0. The van der Waals surface area contributed by atoms with Gasteiger partial charge in [0.1, 0.15) is 12.4 Å². The van der Waals surface area contributed by atoms with Crippen molar-refractivity contribution in [3.8, 4) is 5.75 Å². The first-order valence-corrected chi connectivity index (χ1v) is 8.81. The SMILES string of the molecule is COC(=O)N(O)c1cccc(C2CC2)c1COc1cc(C)c(C)cc1C. The van der Waals surface area contributed by atoms with E-state index < -0.39 is 6.09 Å². The molecule has 2 aromatic rings. The van der Waals surface area contributed by atoms with E-state index in [0.717, 1.165) is 35.3 Å². The van der Waals surface area contributed by atoms with Crippen LogP contribution < -0.4 is 9.80 Å². The number of amides is 1. The number of nitrogens with zero attached hydrogens (tertiary/aromatic N) is 1. The van der Waals surface area contributed by atoms with Gasteiger partial charge in [-0.2, -0.15) is 5.06 Å². The molecule has 0 atom stereocenters. The van der Waals surface area contributed by atoms with Crippen LogP contribution >= 0.6 is 0 Å². The van der Waals surface area contributed by atoms with Gasteiger partial charge in [-0.1, -0.05) is 18.2 Å². The molecule has 0 saturated heterocycles. The summed E-state index contributed by atoms with van der Waals surface area (Å²) in [6, 6.07) is 9.72. The van der Waals surface area contributed by atoms with E-state index >= 15 is 0 Å². The van der Waals surface area contributed by atoms with Crippen LogP contribution in [0.2, 0.25) is 0 Å². The van der Waals surface area contributed by atoms with Crippen LogP contribution in [0.25, 0.3) is 0 Å². The second-order valence-corrected chi connectivity index (χ2v) is 6.89. The molecule has 1 saturated carbocycles. The zero-order valence-corrected chi connectivity index (χ0v) is 15.7. The number of aryl methyl sites for hydroxylation is 3. The molecule has 5 heteroatoms. The number of carbonyl (C=O) groups excluding carboxylic acids is 1. The number of hydrogen-bond acceptors (Lipinski definition) is 4. The second kappa shape index (κ2) is 7.38. The zero-order valence-electron chi connectivity index (χ0n) is 15.7. The average molecular weight is 355 g/mol. The lowest BCUT2D eigenvalue weighted by molar-refractivity contribution is 0.140. The molecule has 26 heavy (non-hydrogen) atoms. The average Bonchev–Trinajstić information content (AvgIpc) is 3.47. The number of anilines is 1. The number of benzene rings is 2. The van der Waals surface area contributed by atoms with E-state index in [9.17, 15) is 10.0 Å². The predicted molar refractivity (Wildman–Crippen MR) is 100 cm³/mol. The Morgan fingerprint density at radius 2 is 1.85 bits per heavy atom. The quantitative estimate of drug-likeness (QED) is 0.604. The monoisotopic (exact) mass is 355 g/mol.